The number of rotatable bonds is 2. The second-order valence-electron chi connectivity index (χ2n) is 3.89. The minimum Gasteiger partial charge on any atom is -0.464 e. The van der Waals surface area contributed by atoms with Crippen molar-refractivity contribution in [3.05, 3.63) is 0 Å². The van der Waals surface area contributed by atoms with Gasteiger partial charge in [0.1, 0.15) is 6.10 Å². The maximum absolute atomic E-state index is 10.2. The summed E-state index contributed by atoms with van der Waals surface area (Å²) in [6.07, 6.45) is 4.16. The molecule has 0 aromatic rings. The largest absolute Gasteiger partial charge is 0.464 e. The van der Waals surface area contributed by atoms with Crippen LogP contribution in [-0.2, 0) is 9.53 Å². The van der Waals surface area contributed by atoms with Crippen molar-refractivity contribution in [2.45, 2.75) is 32.3 Å². The lowest BCUT2D eigenvalue weighted by atomic mass is 9.88. The Bertz CT molecular complexity index is 165. The van der Waals surface area contributed by atoms with Crippen LogP contribution < -0.4 is 0 Å². The number of carbonyl (C=O) groups is 1. The highest BCUT2D eigenvalue weighted by molar-refractivity contribution is 5.38. The molecule has 0 aromatic carbocycles. The number of fused-ring (bicyclic) bond motifs is 2. The Morgan fingerprint density at radius 1 is 1.36 bits per heavy atom. The molecule has 2 bridgehead atoms. The van der Waals surface area contributed by atoms with E-state index in [-0.39, 0.29) is 6.10 Å². The summed E-state index contributed by atoms with van der Waals surface area (Å²) in [5, 5.41) is 0. The predicted molar refractivity (Wildman–Crippen MR) is 40.9 cm³/mol. The van der Waals surface area contributed by atoms with E-state index in [0.717, 1.165) is 5.92 Å². The monoisotopic (exact) mass is 154 g/mol. The fraction of sp³-hybridized carbons (Fsp3) is 0.889. The van der Waals surface area contributed by atoms with Gasteiger partial charge in [0.15, 0.2) is 0 Å². The fourth-order valence-electron chi connectivity index (χ4n) is 2.83. The van der Waals surface area contributed by atoms with Gasteiger partial charge in [-0.2, -0.15) is 0 Å². The average Bonchev–Trinajstić information content (AvgIpc) is 2.54. The van der Waals surface area contributed by atoms with Crippen LogP contribution in [0.1, 0.15) is 26.2 Å². The van der Waals surface area contributed by atoms with Crippen LogP contribution in [0.15, 0.2) is 0 Å². The first-order chi connectivity index (χ1) is 5.33. The summed E-state index contributed by atoms with van der Waals surface area (Å²) in [7, 11) is 0. The van der Waals surface area contributed by atoms with E-state index < -0.39 is 0 Å². The molecular weight excluding hydrogens is 140 g/mol. The van der Waals surface area contributed by atoms with Gasteiger partial charge in [0.25, 0.3) is 6.47 Å². The summed E-state index contributed by atoms with van der Waals surface area (Å²) in [6, 6.07) is 0. The van der Waals surface area contributed by atoms with Gasteiger partial charge in [-0.1, -0.05) is 6.92 Å². The van der Waals surface area contributed by atoms with Crippen LogP contribution in [0.3, 0.4) is 0 Å². The predicted octanol–water partition coefficient (Wildman–Crippen LogP) is 1.59. The molecule has 0 saturated heterocycles. The van der Waals surface area contributed by atoms with Crippen molar-refractivity contribution in [3.8, 4) is 0 Å². The third-order valence-corrected chi connectivity index (χ3v) is 3.45. The molecule has 2 rings (SSSR count). The van der Waals surface area contributed by atoms with Gasteiger partial charge in [0, 0.05) is 0 Å². The lowest BCUT2D eigenvalue weighted by Crippen LogP contribution is -2.27. The second kappa shape index (κ2) is 2.50. The molecule has 0 aromatic heterocycles. The molecule has 2 aliphatic carbocycles. The van der Waals surface area contributed by atoms with Crippen LogP contribution in [-0.4, -0.2) is 12.6 Å². The van der Waals surface area contributed by atoms with Gasteiger partial charge in [-0.25, -0.2) is 0 Å². The van der Waals surface area contributed by atoms with Crippen LogP contribution in [0.5, 0.6) is 0 Å². The first kappa shape index (κ1) is 7.14. The molecule has 0 aliphatic heterocycles. The summed E-state index contributed by atoms with van der Waals surface area (Å²) < 4.78 is 5.07. The maximum atomic E-state index is 10.2. The molecule has 0 heterocycles. The zero-order chi connectivity index (χ0) is 7.84. The Labute approximate surface area is 66.9 Å². The van der Waals surface area contributed by atoms with Crippen molar-refractivity contribution >= 4 is 6.47 Å². The topological polar surface area (TPSA) is 26.3 Å². The molecule has 62 valence electrons. The molecule has 0 N–H and O–H groups in total. The minimum atomic E-state index is 0.242. The van der Waals surface area contributed by atoms with E-state index in [2.05, 4.69) is 6.92 Å². The van der Waals surface area contributed by atoms with E-state index in [9.17, 15) is 4.79 Å². The highest BCUT2D eigenvalue weighted by Crippen LogP contribution is 2.49. The molecule has 2 heteroatoms. The van der Waals surface area contributed by atoms with Crippen LogP contribution in [0, 0.1) is 17.8 Å². The quantitative estimate of drug-likeness (QED) is 0.565. The van der Waals surface area contributed by atoms with Crippen molar-refractivity contribution in [1.82, 2.24) is 0 Å². The molecule has 2 nitrogen and oxygen atoms in total. The van der Waals surface area contributed by atoms with Gasteiger partial charge in [-0.05, 0) is 37.0 Å². The van der Waals surface area contributed by atoms with Crippen molar-refractivity contribution < 1.29 is 9.53 Å². The second-order valence-corrected chi connectivity index (χ2v) is 3.89. The SMILES string of the molecule is CC1C2CCC(C2)C1OC=O. The normalized spacial score (nSPS) is 47.7. The zero-order valence-corrected chi connectivity index (χ0v) is 6.82. The lowest BCUT2D eigenvalue weighted by Gasteiger charge is -2.26. The molecule has 0 amide bonds. The van der Waals surface area contributed by atoms with Gasteiger partial charge >= 0.3 is 0 Å². The molecule has 11 heavy (non-hydrogen) atoms. The van der Waals surface area contributed by atoms with Gasteiger partial charge in [-0.3, -0.25) is 4.79 Å². The first-order valence-electron chi connectivity index (χ1n) is 4.42. The highest BCUT2D eigenvalue weighted by atomic mass is 16.5. The highest BCUT2D eigenvalue weighted by Gasteiger charge is 2.46. The van der Waals surface area contributed by atoms with E-state index in [0.29, 0.717) is 18.3 Å². The molecular formula is C9H14O2. The number of hydrogen-bond acceptors (Lipinski definition) is 2. The van der Waals surface area contributed by atoms with Gasteiger partial charge in [-0.15, -0.1) is 0 Å². The van der Waals surface area contributed by atoms with Gasteiger partial charge < -0.3 is 4.74 Å². The van der Waals surface area contributed by atoms with E-state index in [1.54, 1.807) is 0 Å². The number of hydrogen-bond donors (Lipinski definition) is 0. The van der Waals surface area contributed by atoms with Crippen LogP contribution in [0.4, 0.5) is 0 Å². The van der Waals surface area contributed by atoms with Crippen LogP contribution in [0.25, 0.3) is 0 Å². The molecule has 2 fully saturated rings. The van der Waals surface area contributed by atoms with Crippen LogP contribution >= 0.6 is 0 Å². The summed E-state index contributed by atoms with van der Waals surface area (Å²) in [5.74, 6) is 2.13. The summed E-state index contributed by atoms with van der Waals surface area (Å²) in [6.45, 7) is 2.82. The first-order valence-corrected chi connectivity index (χ1v) is 4.42. The van der Waals surface area contributed by atoms with Crippen molar-refractivity contribution in [3.63, 3.8) is 0 Å². The summed E-state index contributed by atoms with van der Waals surface area (Å²) in [4.78, 5) is 10.2. The third-order valence-electron chi connectivity index (χ3n) is 3.45. The van der Waals surface area contributed by atoms with E-state index in [1.807, 2.05) is 0 Å². The Morgan fingerprint density at radius 2 is 2.09 bits per heavy atom. The third kappa shape index (κ3) is 0.959. The smallest absolute Gasteiger partial charge is 0.293 e. The Kier molecular flexibility index (Phi) is 1.63. The molecule has 0 spiro atoms. The van der Waals surface area contributed by atoms with Crippen LogP contribution in [0.2, 0.25) is 0 Å². The standard InChI is InChI=1S/C9H14O2/c1-6-7-2-3-8(4-7)9(6)11-5-10/h5-9H,2-4H2,1H3. The van der Waals surface area contributed by atoms with E-state index in [1.165, 1.54) is 19.3 Å². The van der Waals surface area contributed by atoms with Crippen molar-refractivity contribution in [1.29, 1.82) is 0 Å². The molecule has 0 radical (unpaired) electrons. The fourth-order valence-corrected chi connectivity index (χ4v) is 2.83. The van der Waals surface area contributed by atoms with E-state index >= 15 is 0 Å². The summed E-state index contributed by atoms with van der Waals surface area (Å²) in [5.41, 5.74) is 0. The Morgan fingerprint density at radius 3 is 2.64 bits per heavy atom. The lowest BCUT2D eigenvalue weighted by molar-refractivity contribution is -0.138. The maximum Gasteiger partial charge on any atom is 0.293 e. The van der Waals surface area contributed by atoms with Gasteiger partial charge in [0.2, 0.25) is 0 Å². The summed E-state index contributed by atoms with van der Waals surface area (Å²) >= 11 is 0. The minimum absolute atomic E-state index is 0.242. The zero-order valence-electron chi connectivity index (χ0n) is 6.82. The number of carbonyl (C=O) groups excluding carboxylic acids is 1. The Hall–Kier alpha value is -0.530. The Balaban J connectivity index is 2.05. The average molecular weight is 154 g/mol. The van der Waals surface area contributed by atoms with Crippen molar-refractivity contribution in [2.75, 3.05) is 0 Å². The molecule has 2 saturated carbocycles. The molecule has 4 unspecified atom stereocenters. The number of ether oxygens (including phenoxy) is 1. The molecule has 4 atom stereocenters. The van der Waals surface area contributed by atoms with Crippen molar-refractivity contribution in [2.24, 2.45) is 17.8 Å². The van der Waals surface area contributed by atoms with Gasteiger partial charge in [0.05, 0.1) is 0 Å². The van der Waals surface area contributed by atoms with E-state index in [4.69, 9.17) is 4.74 Å². The molecule has 2 aliphatic rings.